The first-order chi connectivity index (χ1) is 19.1. The number of carbonyl (C=O) groups excluding carboxylic acids is 2. The van der Waals surface area contributed by atoms with Crippen molar-refractivity contribution in [1.29, 1.82) is 0 Å². The standard InChI is InChI=1S/C30H28Cl3NO5S/c1-2-39-29(36)30(18-19-5-11-22(31)12-6-19)25-4-3-17-34(25)26(20-7-13-23(32)14-8-20)28(40(30,37)38)27(35)21-9-15-24(33)16-10-21/h5-16,25-26,28H,2-4,17-18H2,1H3/t25-,26+,28-,30-/m1/s1. The zero-order valence-electron chi connectivity index (χ0n) is 21.7. The van der Waals surface area contributed by atoms with E-state index in [1.807, 2.05) is 4.90 Å². The van der Waals surface area contributed by atoms with E-state index in [0.717, 1.165) is 0 Å². The van der Waals surface area contributed by atoms with Gasteiger partial charge in [-0.05, 0) is 86.0 Å². The zero-order valence-corrected chi connectivity index (χ0v) is 24.8. The molecule has 210 valence electrons. The molecule has 0 unspecified atom stereocenters. The van der Waals surface area contributed by atoms with Crippen molar-refractivity contribution >= 4 is 56.4 Å². The highest BCUT2D eigenvalue weighted by atomic mass is 35.5. The van der Waals surface area contributed by atoms with E-state index in [1.165, 1.54) is 12.1 Å². The fourth-order valence-corrected chi connectivity index (χ4v) is 9.37. The van der Waals surface area contributed by atoms with Crippen molar-refractivity contribution in [2.75, 3.05) is 13.2 Å². The van der Waals surface area contributed by atoms with Crippen LogP contribution < -0.4 is 0 Å². The second-order valence-corrected chi connectivity index (χ2v) is 13.8. The third kappa shape index (κ3) is 4.96. The fraction of sp³-hybridized carbons (Fsp3) is 0.333. The molecule has 3 aromatic carbocycles. The van der Waals surface area contributed by atoms with Crippen molar-refractivity contribution < 1.29 is 22.7 Å². The predicted molar refractivity (Wildman–Crippen MR) is 157 cm³/mol. The Morgan fingerprint density at radius 1 is 0.900 bits per heavy atom. The van der Waals surface area contributed by atoms with Gasteiger partial charge >= 0.3 is 5.97 Å². The predicted octanol–water partition coefficient (Wildman–Crippen LogP) is 6.38. The average Bonchev–Trinajstić information content (AvgIpc) is 3.41. The van der Waals surface area contributed by atoms with Crippen LogP contribution in [0.3, 0.4) is 0 Å². The molecule has 2 aliphatic rings. The number of hydrogen-bond acceptors (Lipinski definition) is 6. The summed E-state index contributed by atoms with van der Waals surface area (Å²) in [6, 6.07) is 18.2. The molecule has 2 heterocycles. The van der Waals surface area contributed by atoms with Gasteiger partial charge in [0.15, 0.2) is 20.4 Å². The number of rotatable bonds is 7. The normalized spacial score (nSPS) is 25.8. The number of halogens is 3. The number of ether oxygens (including phenoxy) is 1. The fourth-order valence-electron chi connectivity index (χ4n) is 6.17. The summed E-state index contributed by atoms with van der Waals surface area (Å²) in [6.07, 6.45) is 0.968. The third-order valence-corrected chi connectivity index (χ3v) is 11.4. The van der Waals surface area contributed by atoms with Crippen LogP contribution in [-0.2, 0) is 25.8 Å². The van der Waals surface area contributed by atoms with Crippen molar-refractivity contribution in [1.82, 2.24) is 4.90 Å². The molecule has 0 aromatic heterocycles. The van der Waals surface area contributed by atoms with E-state index < -0.39 is 43.7 Å². The van der Waals surface area contributed by atoms with Crippen LogP contribution in [0.5, 0.6) is 0 Å². The number of fused-ring (bicyclic) bond motifs is 1. The minimum absolute atomic E-state index is 0.000147. The highest BCUT2D eigenvalue weighted by Crippen LogP contribution is 2.51. The van der Waals surface area contributed by atoms with Crippen LogP contribution in [0, 0.1) is 0 Å². The van der Waals surface area contributed by atoms with E-state index in [4.69, 9.17) is 39.5 Å². The molecule has 0 saturated carbocycles. The van der Waals surface area contributed by atoms with Crippen LogP contribution in [0.4, 0.5) is 0 Å². The van der Waals surface area contributed by atoms with Crippen molar-refractivity contribution in [3.8, 4) is 0 Å². The molecular formula is C30H28Cl3NO5S. The van der Waals surface area contributed by atoms with Gasteiger partial charge in [0.05, 0.1) is 12.6 Å². The van der Waals surface area contributed by atoms with Gasteiger partial charge in [-0.15, -0.1) is 0 Å². The summed E-state index contributed by atoms with van der Waals surface area (Å²) in [5.74, 6) is -1.45. The van der Waals surface area contributed by atoms with Crippen LogP contribution in [0.15, 0.2) is 72.8 Å². The van der Waals surface area contributed by atoms with E-state index in [0.29, 0.717) is 45.6 Å². The monoisotopic (exact) mass is 619 g/mol. The molecule has 6 nitrogen and oxygen atoms in total. The van der Waals surface area contributed by atoms with Gasteiger partial charge in [-0.2, -0.15) is 0 Å². The smallest absolute Gasteiger partial charge is 0.329 e. The molecule has 10 heteroatoms. The molecule has 0 bridgehead atoms. The summed E-state index contributed by atoms with van der Waals surface area (Å²) in [6.45, 7) is 2.15. The highest BCUT2D eigenvalue weighted by Gasteiger charge is 2.69. The number of ketones is 1. The van der Waals surface area contributed by atoms with Gasteiger partial charge in [0, 0.05) is 33.1 Å². The Morgan fingerprint density at radius 2 is 1.45 bits per heavy atom. The molecule has 40 heavy (non-hydrogen) atoms. The Kier molecular flexibility index (Phi) is 8.33. The summed E-state index contributed by atoms with van der Waals surface area (Å²) >= 11 is 18.3. The second kappa shape index (κ2) is 11.5. The van der Waals surface area contributed by atoms with Gasteiger partial charge in [-0.1, -0.05) is 59.1 Å². The van der Waals surface area contributed by atoms with Crippen LogP contribution >= 0.6 is 34.8 Å². The zero-order chi connectivity index (χ0) is 28.7. The van der Waals surface area contributed by atoms with Crippen LogP contribution in [-0.4, -0.2) is 54.3 Å². The molecule has 0 N–H and O–H groups in total. The number of Topliss-reactive ketones (excluding diaryl/α,β-unsaturated/α-hetero) is 1. The molecule has 2 aliphatic heterocycles. The van der Waals surface area contributed by atoms with Crippen molar-refractivity contribution in [3.05, 3.63) is 105 Å². The van der Waals surface area contributed by atoms with Gasteiger partial charge in [0.25, 0.3) is 0 Å². The number of benzene rings is 3. The van der Waals surface area contributed by atoms with E-state index in [2.05, 4.69) is 0 Å². The Morgan fingerprint density at radius 3 is 2.02 bits per heavy atom. The molecule has 2 saturated heterocycles. The second-order valence-electron chi connectivity index (χ2n) is 10.1. The SMILES string of the molecule is CCOC(=O)[C@@]1(Cc2ccc(Cl)cc2)[C@H]2CCCN2[C@@H](c2ccc(Cl)cc2)[C@H](C(=O)c2ccc(Cl)cc2)S1(=O)=O. The minimum atomic E-state index is -4.54. The average molecular weight is 621 g/mol. The lowest BCUT2D eigenvalue weighted by atomic mass is 9.86. The van der Waals surface area contributed by atoms with Crippen molar-refractivity contribution in [2.24, 2.45) is 0 Å². The van der Waals surface area contributed by atoms with Crippen molar-refractivity contribution in [2.45, 2.75) is 48.3 Å². The lowest BCUT2D eigenvalue weighted by molar-refractivity contribution is -0.149. The Balaban J connectivity index is 1.76. The quantitative estimate of drug-likeness (QED) is 0.225. The Labute approximate surface area is 249 Å². The Bertz CT molecular complexity index is 1510. The highest BCUT2D eigenvalue weighted by molar-refractivity contribution is 7.95. The number of sulfone groups is 1. The van der Waals surface area contributed by atoms with Gasteiger partial charge in [-0.3, -0.25) is 14.5 Å². The molecule has 3 aromatic rings. The maximum absolute atomic E-state index is 15.1. The topological polar surface area (TPSA) is 80.8 Å². The lowest BCUT2D eigenvalue weighted by Crippen LogP contribution is -2.71. The van der Waals surface area contributed by atoms with E-state index in [9.17, 15) is 9.59 Å². The number of nitrogens with zero attached hydrogens (tertiary/aromatic N) is 1. The van der Waals surface area contributed by atoms with Crippen LogP contribution in [0.25, 0.3) is 0 Å². The maximum Gasteiger partial charge on any atom is 0.329 e. The largest absolute Gasteiger partial charge is 0.465 e. The van der Waals surface area contributed by atoms with E-state index in [1.54, 1.807) is 67.6 Å². The Hall–Kier alpha value is -2.42. The molecule has 0 spiro atoms. The van der Waals surface area contributed by atoms with Gasteiger partial charge in [0.1, 0.15) is 5.25 Å². The van der Waals surface area contributed by atoms with Crippen LogP contribution in [0.2, 0.25) is 15.1 Å². The first kappa shape index (κ1) is 29.1. The van der Waals surface area contributed by atoms with E-state index >= 15 is 8.42 Å². The molecule has 2 fully saturated rings. The number of carbonyl (C=O) groups is 2. The molecule has 0 aliphatic carbocycles. The van der Waals surface area contributed by atoms with Gasteiger partial charge in [-0.25, -0.2) is 8.42 Å². The van der Waals surface area contributed by atoms with E-state index in [-0.39, 0.29) is 18.6 Å². The molecule has 5 rings (SSSR count). The van der Waals surface area contributed by atoms with Gasteiger partial charge in [0.2, 0.25) is 0 Å². The minimum Gasteiger partial charge on any atom is -0.465 e. The summed E-state index contributed by atoms with van der Waals surface area (Å²) in [5.41, 5.74) is 1.44. The number of esters is 1. The van der Waals surface area contributed by atoms with Crippen LogP contribution in [0.1, 0.15) is 47.3 Å². The molecule has 4 atom stereocenters. The number of hydrogen-bond donors (Lipinski definition) is 0. The molecule has 0 radical (unpaired) electrons. The summed E-state index contributed by atoms with van der Waals surface area (Å²) in [4.78, 5) is 30.3. The first-order valence-corrected chi connectivity index (χ1v) is 15.7. The molecular weight excluding hydrogens is 593 g/mol. The summed E-state index contributed by atoms with van der Waals surface area (Å²) in [5, 5.41) is -0.187. The lowest BCUT2D eigenvalue weighted by Gasteiger charge is -2.51. The van der Waals surface area contributed by atoms with Crippen molar-refractivity contribution in [3.63, 3.8) is 0 Å². The summed E-state index contributed by atoms with van der Waals surface area (Å²) < 4.78 is 33.6. The first-order valence-electron chi connectivity index (χ1n) is 13.1. The maximum atomic E-state index is 15.1. The molecule has 0 amide bonds. The van der Waals surface area contributed by atoms with Gasteiger partial charge < -0.3 is 4.74 Å². The summed E-state index contributed by atoms with van der Waals surface area (Å²) in [7, 11) is -4.54. The third-order valence-electron chi connectivity index (χ3n) is 7.92.